The van der Waals surface area contributed by atoms with E-state index in [4.69, 9.17) is 11.6 Å². The molecule has 4 heteroatoms. The molecule has 0 fully saturated rings. The van der Waals surface area contributed by atoms with Crippen LogP contribution in [0.1, 0.15) is 36.3 Å². The van der Waals surface area contributed by atoms with Gasteiger partial charge in [-0.15, -0.1) is 0 Å². The van der Waals surface area contributed by atoms with E-state index in [1.165, 1.54) is 5.56 Å². The molecule has 0 saturated carbocycles. The number of hydrogen-bond acceptors (Lipinski definition) is 2. The maximum Gasteiger partial charge on any atom is 0.270 e. The second kappa shape index (κ2) is 6.72. The van der Waals surface area contributed by atoms with Crippen LogP contribution < -0.4 is 5.32 Å². The van der Waals surface area contributed by atoms with Crippen LogP contribution in [0.25, 0.3) is 0 Å². The number of benzene rings is 1. The minimum atomic E-state index is -0.309. The number of hydrogen-bond donors (Lipinski definition) is 1. The Labute approximate surface area is 130 Å². The molecule has 0 aliphatic heterocycles. The zero-order valence-corrected chi connectivity index (χ0v) is 13.0. The Morgan fingerprint density at radius 3 is 2.52 bits per heavy atom. The summed E-state index contributed by atoms with van der Waals surface area (Å²) in [6.07, 6.45) is 1.76. The van der Waals surface area contributed by atoms with Crippen LogP contribution in [0, 0.1) is 0 Å². The molecular weight excluding hydrogens is 284 g/mol. The molecule has 0 aliphatic rings. The number of carbonyl (C=O) groups excluding carboxylic acids is 1. The first-order valence-electron chi connectivity index (χ1n) is 6.95. The van der Waals surface area contributed by atoms with Crippen LogP contribution in [0.2, 0.25) is 5.15 Å². The second-order valence-electron chi connectivity index (χ2n) is 5.67. The summed E-state index contributed by atoms with van der Waals surface area (Å²) in [7, 11) is 0. The fourth-order valence-electron chi connectivity index (χ4n) is 2.07. The lowest BCUT2D eigenvalue weighted by Gasteiger charge is -2.26. The molecule has 1 aromatic heterocycles. The Morgan fingerprint density at radius 2 is 1.86 bits per heavy atom. The van der Waals surface area contributed by atoms with Crippen molar-refractivity contribution in [3.8, 4) is 0 Å². The van der Waals surface area contributed by atoms with E-state index in [-0.39, 0.29) is 11.4 Å². The highest BCUT2D eigenvalue weighted by molar-refractivity contribution is 6.29. The molecule has 0 atom stereocenters. The first-order valence-corrected chi connectivity index (χ1v) is 7.33. The van der Waals surface area contributed by atoms with Crippen molar-refractivity contribution in [2.45, 2.75) is 32.2 Å². The summed E-state index contributed by atoms with van der Waals surface area (Å²) < 4.78 is 0. The lowest BCUT2D eigenvalue weighted by atomic mass is 9.95. The van der Waals surface area contributed by atoms with Gasteiger partial charge in [-0.1, -0.05) is 48.0 Å². The predicted molar refractivity (Wildman–Crippen MR) is 85.6 cm³/mol. The van der Waals surface area contributed by atoms with Gasteiger partial charge in [0, 0.05) is 5.54 Å². The van der Waals surface area contributed by atoms with E-state index < -0.39 is 0 Å². The zero-order chi connectivity index (χ0) is 15.3. The smallest absolute Gasteiger partial charge is 0.270 e. The van der Waals surface area contributed by atoms with Crippen molar-refractivity contribution < 1.29 is 4.79 Å². The fraction of sp³-hybridized carbons (Fsp3) is 0.294. The normalized spacial score (nSPS) is 11.2. The Bertz CT molecular complexity index is 611. The molecule has 0 bridgehead atoms. The fourth-order valence-corrected chi connectivity index (χ4v) is 2.23. The first-order chi connectivity index (χ1) is 9.96. The SMILES string of the molecule is CC(C)(CCc1ccccc1)NC(=O)c1cccc(Cl)n1. The average Bonchev–Trinajstić information content (AvgIpc) is 2.46. The highest BCUT2D eigenvalue weighted by Crippen LogP contribution is 2.15. The monoisotopic (exact) mass is 302 g/mol. The lowest BCUT2D eigenvalue weighted by Crippen LogP contribution is -2.44. The van der Waals surface area contributed by atoms with Crippen molar-refractivity contribution in [2.75, 3.05) is 0 Å². The molecule has 0 spiro atoms. The van der Waals surface area contributed by atoms with Crippen LogP contribution in [0.4, 0.5) is 0 Å². The van der Waals surface area contributed by atoms with Crippen LogP contribution in [0.5, 0.6) is 0 Å². The molecule has 0 saturated heterocycles. The number of aromatic nitrogens is 1. The summed E-state index contributed by atoms with van der Waals surface area (Å²) in [5.74, 6) is -0.199. The van der Waals surface area contributed by atoms with Gasteiger partial charge in [-0.2, -0.15) is 0 Å². The molecule has 21 heavy (non-hydrogen) atoms. The minimum Gasteiger partial charge on any atom is -0.346 e. The number of aryl methyl sites for hydroxylation is 1. The molecule has 0 unspecified atom stereocenters. The molecule has 0 radical (unpaired) electrons. The summed E-state index contributed by atoms with van der Waals surface area (Å²) in [5, 5.41) is 3.33. The van der Waals surface area contributed by atoms with Crippen LogP contribution in [0.15, 0.2) is 48.5 Å². The zero-order valence-electron chi connectivity index (χ0n) is 12.3. The largest absolute Gasteiger partial charge is 0.346 e. The molecule has 1 heterocycles. The second-order valence-corrected chi connectivity index (χ2v) is 6.06. The van der Waals surface area contributed by atoms with Crippen molar-refractivity contribution >= 4 is 17.5 Å². The average molecular weight is 303 g/mol. The minimum absolute atomic E-state index is 0.199. The predicted octanol–water partition coefficient (Wildman–Crippen LogP) is 3.88. The van der Waals surface area contributed by atoms with Crippen LogP contribution in [-0.2, 0) is 6.42 Å². The number of carbonyl (C=O) groups is 1. The van der Waals surface area contributed by atoms with Crippen LogP contribution in [0.3, 0.4) is 0 Å². The summed E-state index contributed by atoms with van der Waals surface area (Å²) in [6.45, 7) is 4.02. The van der Waals surface area contributed by atoms with Crippen LogP contribution in [-0.4, -0.2) is 16.4 Å². The van der Waals surface area contributed by atoms with Gasteiger partial charge < -0.3 is 5.32 Å². The molecule has 2 aromatic rings. The van der Waals surface area contributed by atoms with E-state index in [0.717, 1.165) is 12.8 Å². The molecule has 1 amide bonds. The highest BCUT2D eigenvalue weighted by atomic mass is 35.5. The number of nitrogens with one attached hydrogen (secondary N) is 1. The van der Waals surface area contributed by atoms with E-state index in [2.05, 4.69) is 22.4 Å². The molecule has 3 nitrogen and oxygen atoms in total. The number of nitrogens with zero attached hydrogens (tertiary/aromatic N) is 1. The molecule has 2 rings (SSSR count). The van der Waals surface area contributed by atoms with Crippen molar-refractivity contribution in [1.82, 2.24) is 10.3 Å². The number of pyridine rings is 1. The topological polar surface area (TPSA) is 42.0 Å². The number of rotatable bonds is 5. The first kappa shape index (κ1) is 15.5. The maximum absolute atomic E-state index is 12.2. The standard InChI is InChI=1S/C17H19ClN2O/c1-17(2,12-11-13-7-4-3-5-8-13)20-16(21)14-9-6-10-15(18)19-14/h3-10H,11-12H2,1-2H3,(H,20,21). The Hall–Kier alpha value is -1.87. The van der Waals surface area contributed by atoms with Gasteiger partial charge in [-0.3, -0.25) is 4.79 Å². The highest BCUT2D eigenvalue weighted by Gasteiger charge is 2.21. The van der Waals surface area contributed by atoms with Gasteiger partial charge in [0.05, 0.1) is 0 Å². The molecule has 110 valence electrons. The number of halogens is 1. The van der Waals surface area contributed by atoms with E-state index in [0.29, 0.717) is 10.8 Å². The number of amides is 1. The van der Waals surface area contributed by atoms with Gasteiger partial charge in [0.15, 0.2) is 0 Å². The third kappa shape index (κ3) is 4.87. The Kier molecular flexibility index (Phi) is 4.97. The van der Waals surface area contributed by atoms with E-state index in [1.54, 1.807) is 18.2 Å². The van der Waals surface area contributed by atoms with Gasteiger partial charge in [-0.25, -0.2) is 4.98 Å². The third-order valence-electron chi connectivity index (χ3n) is 3.28. The molecule has 1 N–H and O–H groups in total. The Balaban J connectivity index is 1.95. The van der Waals surface area contributed by atoms with Gasteiger partial charge >= 0.3 is 0 Å². The van der Waals surface area contributed by atoms with Crippen LogP contribution >= 0.6 is 11.6 Å². The lowest BCUT2D eigenvalue weighted by molar-refractivity contribution is 0.0904. The van der Waals surface area contributed by atoms with E-state index in [9.17, 15) is 4.79 Å². The Morgan fingerprint density at radius 1 is 1.14 bits per heavy atom. The van der Waals surface area contributed by atoms with Gasteiger partial charge in [0.1, 0.15) is 10.8 Å². The molecular formula is C17H19ClN2O. The van der Waals surface area contributed by atoms with Gasteiger partial charge in [0.2, 0.25) is 0 Å². The van der Waals surface area contributed by atoms with Crippen molar-refractivity contribution in [1.29, 1.82) is 0 Å². The van der Waals surface area contributed by atoms with Crippen molar-refractivity contribution in [2.24, 2.45) is 0 Å². The molecule has 1 aromatic carbocycles. The van der Waals surface area contributed by atoms with Crippen molar-refractivity contribution in [3.63, 3.8) is 0 Å². The summed E-state index contributed by atoms with van der Waals surface area (Å²) in [4.78, 5) is 16.2. The van der Waals surface area contributed by atoms with E-state index >= 15 is 0 Å². The third-order valence-corrected chi connectivity index (χ3v) is 3.49. The van der Waals surface area contributed by atoms with Gasteiger partial charge in [0.25, 0.3) is 5.91 Å². The molecule has 0 aliphatic carbocycles. The summed E-state index contributed by atoms with van der Waals surface area (Å²) in [5.41, 5.74) is 1.30. The summed E-state index contributed by atoms with van der Waals surface area (Å²) in [6, 6.07) is 15.3. The van der Waals surface area contributed by atoms with Gasteiger partial charge in [-0.05, 0) is 44.4 Å². The quantitative estimate of drug-likeness (QED) is 0.852. The van der Waals surface area contributed by atoms with E-state index in [1.807, 2.05) is 32.0 Å². The maximum atomic E-state index is 12.2. The summed E-state index contributed by atoms with van der Waals surface area (Å²) >= 11 is 5.81. The van der Waals surface area contributed by atoms with Crippen molar-refractivity contribution in [3.05, 3.63) is 64.9 Å².